The van der Waals surface area contributed by atoms with Crippen LogP contribution in [-0.4, -0.2) is 36.1 Å². The van der Waals surface area contributed by atoms with Crippen molar-refractivity contribution in [2.24, 2.45) is 0 Å². The minimum Gasteiger partial charge on any atom is -0.619 e. The van der Waals surface area contributed by atoms with Crippen LogP contribution in [-0.2, 0) is 13.0 Å². The molecule has 0 radical (unpaired) electrons. The van der Waals surface area contributed by atoms with Gasteiger partial charge in [-0.2, -0.15) is 4.73 Å². The van der Waals surface area contributed by atoms with E-state index in [2.05, 4.69) is 37.5 Å². The first-order valence-electron chi connectivity index (χ1n) is 11.1. The number of urea groups is 1. The van der Waals surface area contributed by atoms with Crippen molar-refractivity contribution >= 4 is 6.03 Å². The number of carbonyl (C=O) groups excluding carboxylic acids is 1. The summed E-state index contributed by atoms with van der Waals surface area (Å²) in [5.74, 6) is 0.822. The van der Waals surface area contributed by atoms with Gasteiger partial charge in [0.2, 0.25) is 0 Å². The Morgan fingerprint density at radius 3 is 2.42 bits per heavy atom. The second-order valence-corrected chi connectivity index (χ2v) is 8.45. The van der Waals surface area contributed by atoms with Crippen molar-refractivity contribution in [3.05, 3.63) is 100 Å². The molecule has 1 aromatic heterocycles. The van der Waals surface area contributed by atoms with Gasteiger partial charge in [-0.1, -0.05) is 30.3 Å². The molecule has 1 fully saturated rings. The summed E-state index contributed by atoms with van der Waals surface area (Å²) in [5.41, 5.74) is 8.94. The van der Waals surface area contributed by atoms with E-state index in [-0.39, 0.29) is 12.1 Å². The average Bonchev–Trinajstić information content (AvgIpc) is 3.14. The highest BCUT2D eigenvalue weighted by molar-refractivity contribution is 5.77. The fraction of sp³-hybridized carbons (Fsp3) is 0.308. The third kappa shape index (κ3) is 5.26. The average molecular weight is 447 g/mol. The Morgan fingerprint density at radius 2 is 1.76 bits per heavy atom. The van der Waals surface area contributed by atoms with Gasteiger partial charge in [-0.15, -0.1) is 0 Å². The quantitative estimate of drug-likeness (QED) is 0.423. The molecule has 1 saturated heterocycles. The van der Waals surface area contributed by atoms with Crippen LogP contribution in [0, 0.1) is 19.1 Å². The van der Waals surface area contributed by atoms with Gasteiger partial charge in [-0.25, -0.2) is 10.2 Å². The standard InChI is InChI=1S/C26H30N4O3/c1-19-4-7-23(16-20(19)2)25-18-30(27-17-22-10-13-28(32)14-11-22)26(31)29(25)15-12-21-5-8-24(33-3)9-6-21/h4-11,13-14,16,25,27H,12,15,17-18H2,1-3H3. The molecule has 0 aliphatic carbocycles. The van der Waals surface area contributed by atoms with E-state index in [0.717, 1.165) is 33.6 Å². The summed E-state index contributed by atoms with van der Waals surface area (Å²) in [5, 5.41) is 13.0. The number of nitrogens with one attached hydrogen (secondary N) is 1. The maximum Gasteiger partial charge on any atom is 0.335 e. The minimum atomic E-state index is -0.0402. The summed E-state index contributed by atoms with van der Waals surface area (Å²) >= 11 is 0. The molecule has 1 unspecified atom stereocenters. The fourth-order valence-corrected chi connectivity index (χ4v) is 4.07. The van der Waals surface area contributed by atoms with Gasteiger partial charge < -0.3 is 14.8 Å². The van der Waals surface area contributed by atoms with E-state index in [1.807, 2.05) is 29.2 Å². The lowest BCUT2D eigenvalue weighted by Gasteiger charge is -2.24. The van der Waals surface area contributed by atoms with E-state index < -0.39 is 0 Å². The van der Waals surface area contributed by atoms with E-state index in [1.54, 1.807) is 24.3 Å². The van der Waals surface area contributed by atoms with Crippen LogP contribution in [0.25, 0.3) is 0 Å². The first-order valence-corrected chi connectivity index (χ1v) is 11.1. The Labute approximate surface area is 194 Å². The monoisotopic (exact) mass is 446 g/mol. The second-order valence-electron chi connectivity index (χ2n) is 8.45. The summed E-state index contributed by atoms with van der Waals surface area (Å²) in [4.78, 5) is 15.3. The van der Waals surface area contributed by atoms with Gasteiger partial charge in [-0.05, 0) is 60.2 Å². The van der Waals surface area contributed by atoms with Crippen LogP contribution in [0.1, 0.15) is 33.9 Å². The van der Waals surface area contributed by atoms with Crippen molar-refractivity contribution in [3.63, 3.8) is 0 Å². The summed E-state index contributed by atoms with van der Waals surface area (Å²) in [6.07, 6.45) is 3.68. The second kappa shape index (κ2) is 9.92. The molecule has 2 amide bonds. The molecule has 7 heteroatoms. The molecule has 0 saturated carbocycles. The van der Waals surface area contributed by atoms with Crippen molar-refractivity contribution in [2.75, 3.05) is 20.2 Å². The Morgan fingerprint density at radius 1 is 1.03 bits per heavy atom. The molecular weight excluding hydrogens is 416 g/mol. The fourth-order valence-electron chi connectivity index (χ4n) is 4.07. The van der Waals surface area contributed by atoms with Crippen LogP contribution in [0.4, 0.5) is 4.79 Å². The molecule has 2 heterocycles. The third-order valence-corrected chi connectivity index (χ3v) is 6.27. The maximum absolute atomic E-state index is 13.4. The van der Waals surface area contributed by atoms with Crippen molar-refractivity contribution < 1.29 is 14.3 Å². The first-order chi connectivity index (χ1) is 15.9. The normalized spacial score (nSPS) is 15.8. The Balaban J connectivity index is 1.51. The number of methoxy groups -OCH3 is 1. The summed E-state index contributed by atoms with van der Waals surface area (Å²) in [6, 6.07) is 17.8. The van der Waals surface area contributed by atoms with Crippen LogP contribution >= 0.6 is 0 Å². The van der Waals surface area contributed by atoms with Crippen molar-refractivity contribution in [2.45, 2.75) is 32.9 Å². The van der Waals surface area contributed by atoms with E-state index in [9.17, 15) is 10.0 Å². The Hall–Kier alpha value is -3.58. The molecule has 2 aromatic carbocycles. The summed E-state index contributed by atoms with van der Waals surface area (Å²) < 4.78 is 6.00. The highest BCUT2D eigenvalue weighted by atomic mass is 16.5. The SMILES string of the molecule is COc1ccc(CCN2C(=O)N(NCc3cc[n+]([O-])cc3)CC2c2ccc(C)c(C)c2)cc1. The van der Waals surface area contributed by atoms with Gasteiger partial charge in [-0.3, -0.25) is 5.01 Å². The molecule has 172 valence electrons. The summed E-state index contributed by atoms with van der Waals surface area (Å²) in [7, 11) is 1.65. The van der Waals surface area contributed by atoms with Gasteiger partial charge in [0.1, 0.15) is 5.75 Å². The molecular formula is C26H30N4O3. The molecule has 1 aliphatic rings. The number of nitrogens with zero attached hydrogens (tertiary/aromatic N) is 3. The number of amides is 2. The lowest BCUT2D eigenvalue weighted by atomic mass is 10.0. The topological polar surface area (TPSA) is 71.8 Å². The number of hydrazine groups is 1. The number of carbonyl (C=O) groups is 1. The number of rotatable bonds is 8. The molecule has 0 spiro atoms. The molecule has 0 bridgehead atoms. The lowest BCUT2D eigenvalue weighted by molar-refractivity contribution is -0.605. The van der Waals surface area contributed by atoms with E-state index >= 15 is 0 Å². The zero-order valence-electron chi connectivity index (χ0n) is 19.3. The molecule has 7 nitrogen and oxygen atoms in total. The van der Waals surface area contributed by atoms with Crippen LogP contribution < -0.4 is 14.9 Å². The lowest BCUT2D eigenvalue weighted by Crippen LogP contribution is -2.41. The van der Waals surface area contributed by atoms with Crippen LogP contribution in [0.5, 0.6) is 5.75 Å². The molecule has 1 N–H and O–H groups in total. The number of pyridine rings is 1. The highest BCUT2D eigenvalue weighted by Gasteiger charge is 2.38. The van der Waals surface area contributed by atoms with Crippen LogP contribution in [0.15, 0.2) is 67.0 Å². The molecule has 4 rings (SSSR count). The molecule has 1 aliphatic heterocycles. The molecule has 3 aromatic rings. The van der Waals surface area contributed by atoms with Gasteiger partial charge in [0, 0.05) is 25.2 Å². The minimum absolute atomic E-state index is 0.0397. The van der Waals surface area contributed by atoms with E-state index in [4.69, 9.17) is 4.74 Å². The van der Waals surface area contributed by atoms with Gasteiger partial charge >= 0.3 is 6.03 Å². The largest absolute Gasteiger partial charge is 0.619 e. The number of benzene rings is 2. The smallest absolute Gasteiger partial charge is 0.335 e. The van der Waals surface area contributed by atoms with Crippen molar-refractivity contribution in [3.8, 4) is 5.75 Å². The summed E-state index contributed by atoms with van der Waals surface area (Å²) in [6.45, 7) is 5.84. The molecule has 1 atom stereocenters. The van der Waals surface area contributed by atoms with Crippen LogP contribution in [0.2, 0.25) is 0 Å². The Kier molecular flexibility index (Phi) is 6.79. The van der Waals surface area contributed by atoms with Gasteiger partial charge in [0.25, 0.3) is 0 Å². The van der Waals surface area contributed by atoms with Crippen molar-refractivity contribution in [1.29, 1.82) is 0 Å². The Bertz CT molecular complexity index is 1100. The predicted octanol–water partition coefficient (Wildman–Crippen LogP) is 3.67. The van der Waals surface area contributed by atoms with Gasteiger partial charge in [0.05, 0.1) is 19.7 Å². The van der Waals surface area contributed by atoms with E-state index in [1.165, 1.54) is 23.5 Å². The number of hydrogen-bond donors (Lipinski definition) is 1. The third-order valence-electron chi connectivity index (χ3n) is 6.27. The zero-order valence-corrected chi connectivity index (χ0v) is 19.3. The van der Waals surface area contributed by atoms with Crippen LogP contribution in [0.3, 0.4) is 0 Å². The van der Waals surface area contributed by atoms with Gasteiger partial charge in [0.15, 0.2) is 12.4 Å². The predicted molar refractivity (Wildman–Crippen MR) is 126 cm³/mol. The number of aryl methyl sites for hydroxylation is 2. The first kappa shape index (κ1) is 22.6. The zero-order chi connectivity index (χ0) is 23.4. The van der Waals surface area contributed by atoms with E-state index in [0.29, 0.717) is 19.6 Å². The number of aromatic nitrogens is 1. The van der Waals surface area contributed by atoms with Crippen molar-refractivity contribution in [1.82, 2.24) is 15.3 Å². The highest BCUT2D eigenvalue weighted by Crippen LogP contribution is 2.30. The maximum atomic E-state index is 13.4. The number of ether oxygens (including phenoxy) is 1. The molecule has 33 heavy (non-hydrogen) atoms. The number of hydrogen-bond acceptors (Lipinski definition) is 4.